The molecule has 0 saturated carbocycles. The fraction of sp³-hybridized carbons (Fsp3) is 0.435. The zero-order chi connectivity index (χ0) is 42.7. The molecule has 0 spiro atoms. The number of carbonyl (C=O) groups excluding carboxylic acids is 2. The molecule has 2 saturated heterocycles. The summed E-state index contributed by atoms with van der Waals surface area (Å²) in [5.74, 6) is 1.08. The van der Waals surface area contributed by atoms with Gasteiger partial charge in [0.2, 0.25) is 31.9 Å². The quantitative estimate of drug-likeness (QED) is 0.118. The summed E-state index contributed by atoms with van der Waals surface area (Å²) in [5, 5.41) is 6.18. The van der Waals surface area contributed by atoms with Crippen molar-refractivity contribution in [2.24, 2.45) is 5.92 Å². The van der Waals surface area contributed by atoms with Crippen LogP contribution in [0, 0.1) is 5.92 Å². The van der Waals surface area contributed by atoms with Gasteiger partial charge in [-0.2, -0.15) is 8.61 Å². The van der Waals surface area contributed by atoms with Crippen molar-refractivity contribution in [3.63, 3.8) is 0 Å². The Morgan fingerprint density at radius 2 is 1.20 bits per heavy atom. The molecular formula is C46H58N4O8S2. The van der Waals surface area contributed by atoms with Gasteiger partial charge in [0.15, 0.2) is 0 Å². The van der Waals surface area contributed by atoms with Crippen molar-refractivity contribution >= 4 is 31.9 Å². The summed E-state index contributed by atoms with van der Waals surface area (Å²) in [5.41, 5.74) is 2.95. The van der Waals surface area contributed by atoms with Gasteiger partial charge in [-0.05, 0) is 116 Å². The molecule has 3 unspecified atom stereocenters. The fourth-order valence-corrected chi connectivity index (χ4v) is 10.8. The second kappa shape index (κ2) is 20.7. The number of hydrogen-bond acceptors (Lipinski definition) is 8. The molecule has 12 nitrogen and oxygen atoms in total. The van der Waals surface area contributed by atoms with E-state index in [4.69, 9.17) is 9.47 Å². The monoisotopic (exact) mass is 858 g/mol. The van der Waals surface area contributed by atoms with Crippen LogP contribution >= 0.6 is 0 Å². The van der Waals surface area contributed by atoms with Gasteiger partial charge < -0.3 is 20.1 Å². The lowest BCUT2D eigenvalue weighted by Gasteiger charge is -2.37. The van der Waals surface area contributed by atoms with Crippen LogP contribution in [0.3, 0.4) is 0 Å². The van der Waals surface area contributed by atoms with Crippen LogP contribution in [0.5, 0.6) is 11.5 Å². The molecule has 2 aliphatic heterocycles. The van der Waals surface area contributed by atoms with Crippen molar-refractivity contribution in [1.82, 2.24) is 19.2 Å². The standard InChI is InChI=1S/C46H58N4O8S2/c1-4-57-41-18-22-43(23-19-41)59(53,54)49-28-8-11-39(31-49)47-45(51)27-15-36-12-16-37(17-13-36)38-29-40(48-46(52)26-14-35-9-6-5-7-10-35)32-50(30-38)60(55,56)44-24-20-42(21-25-44)58-33-34(2)3/h5-7,9-10,12-13,16-25,34,38-40H,4,8,11,14-15,26-33H2,1-3H3,(H,47,51)(H,48,52). The molecule has 2 fully saturated rings. The first-order valence-corrected chi connectivity index (χ1v) is 23.9. The van der Waals surface area contributed by atoms with Gasteiger partial charge in [-0.3, -0.25) is 9.59 Å². The van der Waals surface area contributed by atoms with Gasteiger partial charge in [-0.15, -0.1) is 0 Å². The van der Waals surface area contributed by atoms with E-state index in [1.807, 2.05) is 75.4 Å². The maximum atomic E-state index is 14.1. The highest BCUT2D eigenvalue weighted by atomic mass is 32.2. The van der Waals surface area contributed by atoms with E-state index in [1.54, 1.807) is 48.5 Å². The molecule has 2 N–H and O–H groups in total. The molecule has 3 atom stereocenters. The molecular weight excluding hydrogens is 801 g/mol. The number of nitrogens with one attached hydrogen (secondary N) is 2. The number of amides is 2. The number of rotatable bonds is 18. The SMILES string of the molecule is CCOc1ccc(S(=O)(=O)N2CCCC(NC(=O)CCc3ccc(C4CC(NC(=O)CCc5ccccc5)CN(S(=O)(=O)c5ccc(OCC(C)C)cc5)C4)cc3)C2)cc1. The lowest BCUT2D eigenvalue weighted by Crippen LogP contribution is -2.52. The first-order valence-electron chi connectivity index (χ1n) is 21.0. The van der Waals surface area contributed by atoms with Crippen molar-refractivity contribution in [2.45, 2.75) is 93.5 Å². The van der Waals surface area contributed by atoms with Gasteiger partial charge >= 0.3 is 0 Å². The van der Waals surface area contributed by atoms with Gasteiger partial charge in [0, 0.05) is 51.1 Å². The van der Waals surface area contributed by atoms with Crippen molar-refractivity contribution in [1.29, 1.82) is 0 Å². The zero-order valence-corrected chi connectivity index (χ0v) is 36.4. The predicted octanol–water partition coefficient (Wildman–Crippen LogP) is 6.32. The zero-order valence-electron chi connectivity index (χ0n) is 34.8. The van der Waals surface area contributed by atoms with Gasteiger partial charge in [-0.1, -0.05) is 68.4 Å². The summed E-state index contributed by atoms with van der Waals surface area (Å²) in [6, 6.07) is 29.9. The minimum atomic E-state index is -3.90. The summed E-state index contributed by atoms with van der Waals surface area (Å²) in [4.78, 5) is 26.7. The van der Waals surface area contributed by atoms with Crippen molar-refractivity contribution < 1.29 is 35.9 Å². The molecule has 322 valence electrons. The summed E-state index contributed by atoms with van der Waals surface area (Å²) < 4.78 is 69.1. The molecule has 2 amide bonds. The number of ether oxygens (including phenoxy) is 2. The van der Waals surface area contributed by atoms with Crippen LogP contribution in [-0.4, -0.2) is 88.7 Å². The number of sulfonamides is 2. The molecule has 0 radical (unpaired) electrons. The Hall–Kier alpha value is -4.76. The van der Waals surface area contributed by atoms with E-state index in [0.29, 0.717) is 75.7 Å². The molecule has 14 heteroatoms. The van der Waals surface area contributed by atoms with Gasteiger partial charge in [0.25, 0.3) is 0 Å². The molecule has 4 aromatic rings. The smallest absolute Gasteiger partial charge is 0.243 e. The predicted molar refractivity (Wildman–Crippen MR) is 232 cm³/mol. The van der Waals surface area contributed by atoms with Crippen LogP contribution in [0.15, 0.2) is 113 Å². The van der Waals surface area contributed by atoms with Crippen molar-refractivity contribution in [3.05, 3.63) is 120 Å². The molecule has 0 aromatic heterocycles. The average Bonchev–Trinajstić information content (AvgIpc) is 3.25. The van der Waals surface area contributed by atoms with Crippen LogP contribution in [0.25, 0.3) is 0 Å². The van der Waals surface area contributed by atoms with Gasteiger partial charge in [0.1, 0.15) is 11.5 Å². The minimum Gasteiger partial charge on any atom is -0.494 e. The number of benzene rings is 4. The van der Waals surface area contributed by atoms with E-state index >= 15 is 0 Å². The van der Waals surface area contributed by atoms with Gasteiger partial charge in [-0.25, -0.2) is 16.8 Å². The van der Waals surface area contributed by atoms with E-state index < -0.39 is 26.1 Å². The van der Waals surface area contributed by atoms with Crippen molar-refractivity contribution in [3.8, 4) is 11.5 Å². The van der Waals surface area contributed by atoms with Crippen LogP contribution in [0.4, 0.5) is 0 Å². The summed E-state index contributed by atoms with van der Waals surface area (Å²) in [7, 11) is -7.62. The first-order chi connectivity index (χ1) is 28.8. The molecule has 4 aromatic carbocycles. The molecule has 0 aliphatic carbocycles. The fourth-order valence-electron chi connectivity index (χ4n) is 7.74. The minimum absolute atomic E-state index is 0.127. The lowest BCUT2D eigenvalue weighted by molar-refractivity contribution is -0.122. The average molecular weight is 859 g/mol. The van der Waals surface area contributed by atoms with Crippen LogP contribution < -0.4 is 20.1 Å². The second-order valence-corrected chi connectivity index (χ2v) is 20.0. The maximum Gasteiger partial charge on any atom is 0.243 e. The number of carbonyl (C=O) groups is 2. The lowest BCUT2D eigenvalue weighted by atomic mass is 9.88. The molecule has 2 aliphatic rings. The third-order valence-electron chi connectivity index (χ3n) is 10.9. The van der Waals surface area contributed by atoms with Crippen LogP contribution in [0.2, 0.25) is 0 Å². The maximum absolute atomic E-state index is 14.1. The molecule has 0 bridgehead atoms. The first kappa shape index (κ1) is 44.8. The topological polar surface area (TPSA) is 151 Å². The Balaban J connectivity index is 1.07. The normalized spacial score (nSPS) is 19.1. The number of nitrogens with zero attached hydrogens (tertiary/aromatic N) is 2. The van der Waals surface area contributed by atoms with Crippen LogP contribution in [0.1, 0.15) is 75.5 Å². The Labute approximate surface area is 355 Å². The third kappa shape index (κ3) is 12.2. The summed E-state index contributed by atoms with van der Waals surface area (Å²) >= 11 is 0. The molecule has 2 heterocycles. The van der Waals surface area contributed by atoms with Crippen molar-refractivity contribution in [2.75, 3.05) is 39.4 Å². The second-order valence-electron chi connectivity index (χ2n) is 16.1. The van der Waals surface area contributed by atoms with E-state index in [0.717, 1.165) is 16.7 Å². The molecule has 60 heavy (non-hydrogen) atoms. The van der Waals surface area contributed by atoms with Crippen LogP contribution in [-0.2, 0) is 42.5 Å². The highest BCUT2D eigenvalue weighted by Crippen LogP contribution is 2.32. The van der Waals surface area contributed by atoms with E-state index in [-0.39, 0.29) is 59.6 Å². The van der Waals surface area contributed by atoms with E-state index in [9.17, 15) is 26.4 Å². The largest absolute Gasteiger partial charge is 0.494 e. The Kier molecular flexibility index (Phi) is 15.4. The number of hydrogen-bond donors (Lipinski definition) is 2. The third-order valence-corrected chi connectivity index (χ3v) is 14.6. The molecule has 6 rings (SSSR count). The Morgan fingerprint density at radius 1 is 0.667 bits per heavy atom. The Bertz CT molecular complexity index is 2240. The number of aryl methyl sites for hydroxylation is 2. The van der Waals surface area contributed by atoms with E-state index in [1.165, 1.54) is 8.61 Å². The highest BCUT2D eigenvalue weighted by Gasteiger charge is 2.36. The summed E-state index contributed by atoms with van der Waals surface area (Å²) in [6.07, 6.45) is 3.49. The Morgan fingerprint density at radius 3 is 1.78 bits per heavy atom. The highest BCUT2D eigenvalue weighted by molar-refractivity contribution is 7.89. The van der Waals surface area contributed by atoms with E-state index in [2.05, 4.69) is 10.6 Å². The summed E-state index contributed by atoms with van der Waals surface area (Å²) in [6.45, 7) is 7.98. The number of piperidine rings is 2. The van der Waals surface area contributed by atoms with Gasteiger partial charge in [0.05, 0.1) is 23.0 Å².